The van der Waals surface area contributed by atoms with Gasteiger partial charge in [-0.1, -0.05) is 15.9 Å². The normalized spacial score (nSPS) is 11.0. The van der Waals surface area contributed by atoms with Crippen molar-refractivity contribution in [2.75, 3.05) is 11.8 Å². The first-order chi connectivity index (χ1) is 10.3. The van der Waals surface area contributed by atoms with Gasteiger partial charge >= 0.3 is 0 Å². The first-order valence-electron chi connectivity index (χ1n) is 5.94. The first-order valence-corrected chi connectivity index (χ1v) is 8.22. The minimum absolute atomic E-state index is 0.0233. The Morgan fingerprint density at radius 3 is 2.36 bits per heavy atom. The number of halogens is 1. The van der Waals surface area contributed by atoms with Gasteiger partial charge in [0.2, 0.25) is 0 Å². The molecule has 0 aliphatic carbocycles. The maximum atomic E-state index is 12.4. The first kappa shape index (κ1) is 16.2. The van der Waals surface area contributed by atoms with E-state index >= 15 is 0 Å². The molecule has 0 amide bonds. The van der Waals surface area contributed by atoms with E-state index in [2.05, 4.69) is 20.7 Å². The molecular formula is C13H11BrN2O5S. The lowest BCUT2D eigenvalue weighted by molar-refractivity contribution is -0.385. The standard InChI is InChI=1S/C13H11BrN2O5S/c1-21-12-7-6-11(16(17)18)8-13(12)22(19,20)15-10-4-2-9(14)3-5-10/h2-8,15H,1H3. The third-order valence-electron chi connectivity index (χ3n) is 2.74. The highest BCUT2D eigenvalue weighted by Crippen LogP contribution is 2.29. The Balaban J connectivity index is 2.45. The average Bonchev–Trinajstić information content (AvgIpc) is 2.48. The quantitative estimate of drug-likeness (QED) is 0.628. The van der Waals surface area contributed by atoms with Crippen LogP contribution in [0.2, 0.25) is 0 Å². The van der Waals surface area contributed by atoms with Crippen molar-refractivity contribution < 1.29 is 18.1 Å². The maximum absolute atomic E-state index is 12.4. The van der Waals surface area contributed by atoms with Gasteiger partial charge in [0, 0.05) is 22.3 Å². The van der Waals surface area contributed by atoms with Crippen LogP contribution in [0, 0.1) is 10.1 Å². The molecule has 0 aliphatic rings. The molecular weight excluding hydrogens is 376 g/mol. The van der Waals surface area contributed by atoms with Gasteiger partial charge in [-0.3, -0.25) is 14.8 Å². The molecule has 0 saturated heterocycles. The number of benzene rings is 2. The summed E-state index contributed by atoms with van der Waals surface area (Å²) < 4.78 is 33.0. The van der Waals surface area contributed by atoms with Crippen molar-refractivity contribution in [2.45, 2.75) is 4.90 Å². The monoisotopic (exact) mass is 386 g/mol. The summed E-state index contributed by atoms with van der Waals surface area (Å²) in [5.74, 6) is 0.0233. The second-order valence-corrected chi connectivity index (χ2v) is 6.77. The molecule has 116 valence electrons. The molecule has 2 rings (SSSR count). The SMILES string of the molecule is COc1ccc([N+](=O)[O-])cc1S(=O)(=O)Nc1ccc(Br)cc1. The van der Waals surface area contributed by atoms with E-state index in [4.69, 9.17) is 4.74 Å². The van der Waals surface area contributed by atoms with Crippen molar-refractivity contribution in [3.8, 4) is 5.75 Å². The van der Waals surface area contributed by atoms with Crippen molar-refractivity contribution in [1.29, 1.82) is 0 Å². The fourth-order valence-electron chi connectivity index (χ4n) is 1.72. The second-order valence-electron chi connectivity index (χ2n) is 4.20. The van der Waals surface area contributed by atoms with Crippen LogP contribution in [0.3, 0.4) is 0 Å². The van der Waals surface area contributed by atoms with Crippen molar-refractivity contribution in [2.24, 2.45) is 0 Å². The smallest absolute Gasteiger partial charge is 0.271 e. The Morgan fingerprint density at radius 2 is 1.82 bits per heavy atom. The van der Waals surface area contributed by atoms with Crippen LogP contribution in [-0.4, -0.2) is 20.5 Å². The van der Waals surface area contributed by atoms with E-state index in [1.165, 1.54) is 19.2 Å². The zero-order chi connectivity index (χ0) is 16.3. The van der Waals surface area contributed by atoms with E-state index in [1.807, 2.05) is 0 Å². The number of nitrogens with one attached hydrogen (secondary N) is 1. The van der Waals surface area contributed by atoms with Crippen LogP contribution in [-0.2, 0) is 10.0 Å². The third-order valence-corrected chi connectivity index (χ3v) is 4.68. The summed E-state index contributed by atoms with van der Waals surface area (Å²) in [6.07, 6.45) is 0. The van der Waals surface area contributed by atoms with E-state index < -0.39 is 14.9 Å². The Bertz CT molecular complexity index is 806. The van der Waals surface area contributed by atoms with E-state index in [-0.39, 0.29) is 16.3 Å². The van der Waals surface area contributed by atoms with Crippen LogP contribution in [0.1, 0.15) is 0 Å². The summed E-state index contributed by atoms with van der Waals surface area (Å²) in [5.41, 5.74) is -0.00580. The van der Waals surface area contributed by atoms with E-state index in [9.17, 15) is 18.5 Å². The number of nitrogens with zero attached hydrogens (tertiary/aromatic N) is 1. The number of methoxy groups -OCH3 is 1. The molecule has 1 N–H and O–H groups in total. The predicted molar refractivity (Wildman–Crippen MR) is 84.6 cm³/mol. The Kier molecular flexibility index (Phi) is 4.67. The molecule has 7 nitrogen and oxygen atoms in total. The number of nitro benzene ring substituents is 1. The van der Waals surface area contributed by atoms with Crippen LogP contribution in [0.15, 0.2) is 51.8 Å². The molecule has 0 spiro atoms. The number of non-ortho nitro benzene ring substituents is 1. The molecule has 9 heteroatoms. The van der Waals surface area contributed by atoms with Gasteiger partial charge in [-0.25, -0.2) is 8.42 Å². The number of sulfonamides is 1. The summed E-state index contributed by atoms with van der Waals surface area (Å²) >= 11 is 3.25. The van der Waals surface area contributed by atoms with Gasteiger partial charge in [-0.15, -0.1) is 0 Å². The molecule has 0 heterocycles. The minimum Gasteiger partial charge on any atom is -0.495 e. The number of rotatable bonds is 5. The van der Waals surface area contributed by atoms with Gasteiger partial charge < -0.3 is 4.74 Å². The summed E-state index contributed by atoms with van der Waals surface area (Å²) in [6, 6.07) is 9.84. The zero-order valence-corrected chi connectivity index (χ0v) is 13.7. The van der Waals surface area contributed by atoms with Gasteiger partial charge in [0.1, 0.15) is 10.6 Å². The van der Waals surface area contributed by atoms with E-state index in [1.54, 1.807) is 24.3 Å². The van der Waals surface area contributed by atoms with Crippen molar-refractivity contribution in [3.05, 3.63) is 57.1 Å². The Morgan fingerprint density at radius 1 is 1.18 bits per heavy atom. The largest absolute Gasteiger partial charge is 0.495 e. The summed E-state index contributed by atoms with van der Waals surface area (Å²) in [5, 5.41) is 10.8. The molecule has 0 saturated carbocycles. The summed E-state index contributed by atoms with van der Waals surface area (Å²) in [6.45, 7) is 0. The summed E-state index contributed by atoms with van der Waals surface area (Å²) in [7, 11) is -2.73. The fraction of sp³-hybridized carbons (Fsp3) is 0.0769. The third kappa shape index (κ3) is 3.55. The van der Waals surface area contributed by atoms with Crippen LogP contribution in [0.5, 0.6) is 5.75 Å². The van der Waals surface area contributed by atoms with Crippen LogP contribution in [0.4, 0.5) is 11.4 Å². The lowest BCUT2D eigenvalue weighted by atomic mass is 10.3. The van der Waals surface area contributed by atoms with Gasteiger partial charge in [0.15, 0.2) is 0 Å². The second kappa shape index (κ2) is 6.32. The Labute approximate surface area is 135 Å². The average molecular weight is 387 g/mol. The molecule has 22 heavy (non-hydrogen) atoms. The molecule has 2 aromatic carbocycles. The number of nitro groups is 1. The fourth-order valence-corrected chi connectivity index (χ4v) is 3.23. The van der Waals surface area contributed by atoms with E-state index in [0.29, 0.717) is 5.69 Å². The summed E-state index contributed by atoms with van der Waals surface area (Å²) in [4.78, 5) is 9.85. The maximum Gasteiger partial charge on any atom is 0.271 e. The number of ether oxygens (including phenoxy) is 1. The zero-order valence-electron chi connectivity index (χ0n) is 11.3. The highest BCUT2D eigenvalue weighted by atomic mass is 79.9. The molecule has 0 fully saturated rings. The number of hydrogen-bond donors (Lipinski definition) is 1. The van der Waals surface area contributed by atoms with Crippen molar-refractivity contribution in [3.63, 3.8) is 0 Å². The molecule has 2 aromatic rings. The van der Waals surface area contributed by atoms with Gasteiger partial charge in [0.05, 0.1) is 12.0 Å². The molecule has 0 radical (unpaired) electrons. The van der Waals surface area contributed by atoms with E-state index in [0.717, 1.165) is 10.5 Å². The molecule has 0 unspecified atom stereocenters. The lowest BCUT2D eigenvalue weighted by Gasteiger charge is -2.11. The van der Waals surface area contributed by atoms with Gasteiger partial charge in [-0.05, 0) is 30.3 Å². The molecule has 0 aliphatic heterocycles. The van der Waals surface area contributed by atoms with Gasteiger partial charge in [-0.2, -0.15) is 0 Å². The predicted octanol–water partition coefficient (Wildman–Crippen LogP) is 3.17. The number of hydrogen-bond acceptors (Lipinski definition) is 5. The topological polar surface area (TPSA) is 98.5 Å². The Hall–Kier alpha value is -2.13. The van der Waals surface area contributed by atoms with Crippen LogP contribution in [0.25, 0.3) is 0 Å². The highest BCUT2D eigenvalue weighted by Gasteiger charge is 2.23. The molecule has 0 aromatic heterocycles. The lowest BCUT2D eigenvalue weighted by Crippen LogP contribution is -2.14. The van der Waals surface area contributed by atoms with Crippen LogP contribution >= 0.6 is 15.9 Å². The molecule has 0 bridgehead atoms. The minimum atomic E-state index is -4.02. The molecule has 0 atom stereocenters. The van der Waals surface area contributed by atoms with Crippen LogP contribution < -0.4 is 9.46 Å². The van der Waals surface area contributed by atoms with Gasteiger partial charge in [0.25, 0.3) is 15.7 Å². The van der Waals surface area contributed by atoms with Crippen molar-refractivity contribution in [1.82, 2.24) is 0 Å². The van der Waals surface area contributed by atoms with Crippen molar-refractivity contribution >= 4 is 37.3 Å². The highest BCUT2D eigenvalue weighted by molar-refractivity contribution is 9.10. The number of anilines is 1.